The number of carboxylic acid groups (broad SMARTS) is 1. The molecule has 0 fully saturated rings. The zero-order valence-electron chi connectivity index (χ0n) is 10.5. The molecule has 1 aromatic carbocycles. The van der Waals surface area contributed by atoms with Gasteiger partial charge in [-0.15, -0.1) is 5.10 Å². The summed E-state index contributed by atoms with van der Waals surface area (Å²) in [6.07, 6.45) is -0.105. The van der Waals surface area contributed by atoms with Crippen LogP contribution in [0.1, 0.15) is 24.9 Å². The quantitative estimate of drug-likeness (QED) is 0.911. The molecular weight excluding hydrogens is 251 g/mol. The van der Waals surface area contributed by atoms with Gasteiger partial charge in [0.25, 0.3) is 0 Å². The van der Waals surface area contributed by atoms with E-state index in [1.807, 2.05) is 6.92 Å². The van der Waals surface area contributed by atoms with Crippen LogP contribution in [0.5, 0.6) is 0 Å². The van der Waals surface area contributed by atoms with Gasteiger partial charge in [0.05, 0.1) is 12.5 Å². The van der Waals surface area contributed by atoms with Crippen molar-refractivity contribution in [2.45, 2.75) is 26.3 Å². The molecule has 0 radical (unpaired) electrons. The molecule has 1 atom stereocenters. The van der Waals surface area contributed by atoms with E-state index in [2.05, 4.69) is 15.5 Å². The van der Waals surface area contributed by atoms with Crippen LogP contribution in [0, 0.1) is 12.7 Å². The number of carbonyl (C=O) groups is 1. The molecule has 1 aromatic heterocycles. The Balaban J connectivity index is 2.44. The van der Waals surface area contributed by atoms with E-state index in [-0.39, 0.29) is 12.2 Å². The molecule has 0 aliphatic carbocycles. The minimum atomic E-state index is -0.940. The Kier molecular flexibility index (Phi) is 3.55. The summed E-state index contributed by atoms with van der Waals surface area (Å²) in [7, 11) is 0. The van der Waals surface area contributed by atoms with Crippen molar-refractivity contribution in [3.05, 3.63) is 29.6 Å². The number of hydrogen-bond acceptors (Lipinski definition) is 4. The van der Waals surface area contributed by atoms with Crippen molar-refractivity contribution >= 4 is 5.97 Å². The number of rotatable bonds is 4. The number of nitrogens with zero attached hydrogens (tertiary/aromatic N) is 4. The number of halogens is 1. The third kappa shape index (κ3) is 2.75. The number of tetrazole rings is 1. The molecule has 0 saturated carbocycles. The molecule has 19 heavy (non-hydrogen) atoms. The van der Waals surface area contributed by atoms with E-state index >= 15 is 0 Å². The smallest absolute Gasteiger partial charge is 0.305 e. The average molecular weight is 264 g/mol. The van der Waals surface area contributed by atoms with E-state index in [0.717, 1.165) is 5.56 Å². The molecule has 0 amide bonds. The van der Waals surface area contributed by atoms with Crippen molar-refractivity contribution in [1.29, 1.82) is 0 Å². The van der Waals surface area contributed by atoms with Gasteiger partial charge >= 0.3 is 5.97 Å². The molecule has 0 saturated heterocycles. The summed E-state index contributed by atoms with van der Waals surface area (Å²) in [5.74, 6) is -0.961. The second kappa shape index (κ2) is 5.13. The fraction of sp³-hybridized carbons (Fsp3) is 0.333. The second-order valence-corrected chi connectivity index (χ2v) is 4.35. The Labute approximate surface area is 108 Å². The summed E-state index contributed by atoms with van der Waals surface area (Å²) in [5.41, 5.74) is 1.38. The first-order valence-corrected chi connectivity index (χ1v) is 5.75. The minimum absolute atomic E-state index is 0.105. The highest BCUT2D eigenvalue weighted by molar-refractivity contribution is 5.67. The van der Waals surface area contributed by atoms with Crippen molar-refractivity contribution in [1.82, 2.24) is 20.2 Å². The molecule has 0 spiro atoms. The fourth-order valence-electron chi connectivity index (χ4n) is 1.84. The maximum absolute atomic E-state index is 13.3. The van der Waals surface area contributed by atoms with Crippen molar-refractivity contribution in [3.63, 3.8) is 0 Å². The largest absolute Gasteiger partial charge is 0.481 e. The molecule has 0 bridgehead atoms. The molecule has 1 unspecified atom stereocenters. The molecule has 100 valence electrons. The van der Waals surface area contributed by atoms with Crippen LogP contribution >= 0.6 is 0 Å². The number of aromatic nitrogens is 4. The molecule has 0 aliphatic rings. The van der Waals surface area contributed by atoms with Crippen LogP contribution in [-0.4, -0.2) is 31.3 Å². The Morgan fingerprint density at radius 1 is 1.53 bits per heavy atom. The van der Waals surface area contributed by atoms with Gasteiger partial charge in [-0.25, -0.2) is 9.07 Å². The van der Waals surface area contributed by atoms with Crippen molar-refractivity contribution < 1.29 is 14.3 Å². The Morgan fingerprint density at radius 3 is 2.95 bits per heavy atom. The van der Waals surface area contributed by atoms with Crippen LogP contribution < -0.4 is 0 Å². The Morgan fingerprint density at radius 2 is 2.26 bits per heavy atom. The predicted molar refractivity (Wildman–Crippen MR) is 64.9 cm³/mol. The van der Waals surface area contributed by atoms with Crippen LogP contribution in [-0.2, 0) is 4.79 Å². The molecule has 1 N–H and O–H groups in total. The highest BCUT2D eigenvalue weighted by Gasteiger charge is 2.18. The first kappa shape index (κ1) is 13.1. The van der Waals surface area contributed by atoms with Gasteiger partial charge in [0.1, 0.15) is 5.82 Å². The number of benzene rings is 1. The zero-order chi connectivity index (χ0) is 14.0. The van der Waals surface area contributed by atoms with E-state index in [4.69, 9.17) is 5.11 Å². The maximum Gasteiger partial charge on any atom is 0.305 e. The van der Waals surface area contributed by atoms with Crippen LogP contribution in [0.4, 0.5) is 4.39 Å². The van der Waals surface area contributed by atoms with Gasteiger partial charge in [0, 0.05) is 5.56 Å². The number of aryl methyl sites for hydroxylation is 1. The highest BCUT2D eigenvalue weighted by atomic mass is 19.1. The highest BCUT2D eigenvalue weighted by Crippen LogP contribution is 2.24. The number of aliphatic carboxylic acids is 1. The molecule has 7 heteroatoms. The number of hydrogen-bond donors (Lipinski definition) is 1. The third-order valence-electron chi connectivity index (χ3n) is 2.82. The molecule has 0 aliphatic heterocycles. The summed E-state index contributed by atoms with van der Waals surface area (Å²) in [5, 5.41) is 20.0. The summed E-state index contributed by atoms with van der Waals surface area (Å²) in [6, 6.07) is 3.91. The van der Waals surface area contributed by atoms with Gasteiger partial charge in [0.15, 0.2) is 5.82 Å². The van der Waals surface area contributed by atoms with Crippen LogP contribution in [0.2, 0.25) is 0 Å². The lowest BCUT2D eigenvalue weighted by molar-refractivity contribution is -0.137. The van der Waals surface area contributed by atoms with Crippen molar-refractivity contribution in [2.75, 3.05) is 0 Å². The second-order valence-electron chi connectivity index (χ2n) is 4.35. The first-order valence-electron chi connectivity index (χ1n) is 5.75. The summed E-state index contributed by atoms with van der Waals surface area (Å²) in [4.78, 5) is 10.7. The fourth-order valence-corrected chi connectivity index (χ4v) is 1.84. The SMILES string of the molecule is Cc1ccc(F)cc1-c1nnnn1C(C)CC(=O)O. The Bertz CT molecular complexity index is 612. The average Bonchev–Trinajstić information content (AvgIpc) is 2.80. The lowest BCUT2D eigenvalue weighted by atomic mass is 10.1. The van der Waals surface area contributed by atoms with Gasteiger partial charge in [-0.3, -0.25) is 4.79 Å². The normalized spacial score (nSPS) is 12.4. The standard InChI is InChI=1S/C12H13FN4O2/c1-7-3-4-9(13)6-10(7)12-14-15-16-17(12)8(2)5-11(18)19/h3-4,6,8H,5H2,1-2H3,(H,18,19). The van der Waals surface area contributed by atoms with E-state index in [9.17, 15) is 9.18 Å². The van der Waals surface area contributed by atoms with Crippen LogP contribution in [0.15, 0.2) is 18.2 Å². The van der Waals surface area contributed by atoms with E-state index in [0.29, 0.717) is 11.4 Å². The zero-order valence-corrected chi connectivity index (χ0v) is 10.5. The molecule has 6 nitrogen and oxygen atoms in total. The molecule has 2 rings (SSSR count). The maximum atomic E-state index is 13.3. The first-order chi connectivity index (χ1) is 8.99. The predicted octanol–water partition coefficient (Wildman–Crippen LogP) is 1.82. The monoisotopic (exact) mass is 264 g/mol. The van der Waals surface area contributed by atoms with Crippen molar-refractivity contribution in [2.24, 2.45) is 0 Å². The van der Waals surface area contributed by atoms with E-state index in [1.165, 1.54) is 16.8 Å². The van der Waals surface area contributed by atoms with Gasteiger partial charge < -0.3 is 5.11 Å². The summed E-state index contributed by atoms with van der Waals surface area (Å²) in [6.45, 7) is 3.51. The summed E-state index contributed by atoms with van der Waals surface area (Å²) < 4.78 is 14.7. The number of carboxylic acids is 1. The van der Waals surface area contributed by atoms with Gasteiger partial charge in [-0.05, 0) is 42.0 Å². The summed E-state index contributed by atoms with van der Waals surface area (Å²) >= 11 is 0. The lowest BCUT2D eigenvalue weighted by Gasteiger charge is -2.12. The topological polar surface area (TPSA) is 80.9 Å². The van der Waals surface area contributed by atoms with Crippen LogP contribution in [0.25, 0.3) is 11.4 Å². The Hall–Kier alpha value is -2.31. The van der Waals surface area contributed by atoms with Crippen LogP contribution in [0.3, 0.4) is 0 Å². The minimum Gasteiger partial charge on any atom is -0.481 e. The van der Waals surface area contributed by atoms with Gasteiger partial charge in [-0.1, -0.05) is 6.07 Å². The van der Waals surface area contributed by atoms with E-state index < -0.39 is 12.0 Å². The molecule has 2 aromatic rings. The van der Waals surface area contributed by atoms with E-state index in [1.54, 1.807) is 13.0 Å². The third-order valence-corrected chi connectivity index (χ3v) is 2.82. The molecule has 1 heterocycles. The van der Waals surface area contributed by atoms with Crippen molar-refractivity contribution in [3.8, 4) is 11.4 Å². The van der Waals surface area contributed by atoms with Gasteiger partial charge in [-0.2, -0.15) is 0 Å². The molecular formula is C12H13FN4O2. The lowest BCUT2D eigenvalue weighted by Crippen LogP contribution is -2.13. The van der Waals surface area contributed by atoms with Gasteiger partial charge in [0.2, 0.25) is 0 Å².